The lowest BCUT2D eigenvalue weighted by molar-refractivity contribution is 0.573. The number of thioether (sulfide) groups is 1. The van der Waals surface area contributed by atoms with E-state index >= 15 is 0 Å². The van der Waals surface area contributed by atoms with E-state index in [9.17, 15) is 0 Å². The van der Waals surface area contributed by atoms with Gasteiger partial charge >= 0.3 is 0 Å². The number of fused-ring (bicyclic) bond motifs is 1. The van der Waals surface area contributed by atoms with E-state index in [1.807, 2.05) is 18.0 Å². The first-order valence-corrected chi connectivity index (χ1v) is 11.0. The van der Waals surface area contributed by atoms with Gasteiger partial charge in [0.1, 0.15) is 5.82 Å². The van der Waals surface area contributed by atoms with Crippen LogP contribution in [0.1, 0.15) is 36.0 Å². The molecule has 0 radical (unpaired) electrons. The Morgan fingerprint density at radius 1 is 1.04 bits per heavy atom. The van der Waals surface area contributed by atoms with E-state index < -0.39 is 0 Å². The highest BCUT2D eigenvalue weighted by molar-refractivity contribution is 7.98. The second-order valence-corrected chi connectivity index (χ2v) is 8.52. The molecule has 2 aliphatic rings. The molecule has 3 nitrogen and oxygen atoms in total. The van der Waals surface area contributed by atoms with Crippen LogP contribution in [0.5, 0.6) is 0 Å². The highest BCUT2D eigenvalue weighted by Gasteiger charge is 2.16. The Morgan fingerprint density at radius 3 is 2.69 bits per heavy atom. The van der Waals surface area contributed by atoms with Gasteiger partial charge in [0, 0.05) is 29.9 Å². The summed E-state index contributed by atoms with van der Waals surface area (Å²) in [6.45, 7) is 4.37. The van der Waals surface area contributed by atoms with Gasteiger partial charge in [-0.05, 0) is 74.0 Å². The van der Waals surface area contributed by atoms with Crippen molar-refractivity contribution in [2.75, 3.05) is 31.1 Å². The number of rotatable bonds is 4. The smallest absolute Gasteiger partial charge is 0.128 e. The van der Waals surface area contributed by atoms with Gasteiger partial charge in [-0.1, -0.05) is 23.7 Å². The molecule has 0 atom stereocenters. The van der Waals surface area contributed by atoms with Crippen molar-refractivity contribution in [2.24, 2.45) is 0 Å². The van der Waals surface area contributed by atoms with Crippen LogP contribution in [0.25, 0.3) is 0 Å². The zero-order valence-corrected chi connectivity index (χ0v) is 16.7. The number of halogens is 1. The standard InChI is InChI=1S/C21H26ClN3S/c22-19-6-5-17-8-10-23-11-9-18(17)21(19)26-15-16-4-7-20(24-14-16)25-12-2-1-3-13-25/h4-7,14,23H,1-3,8-13,15H2. The van der Waals surface area contributed by atoms with Crippen LogP contribution in [0.4, 0.5) is 5.82 Å². The van der Waals surface area contributed by atoms with Crippen LogP contribution in [-0.4, -0.2) is 31.2 Å². The summed E-state index contributed by atoms with van der Waals surface area (Å²) in [6, 6.07) is 8.66. The van der Waals surface area contributed by atoms with Crippen LogP contribution < -0.4 is 10.2 Å². The van der Waals surface area contributed by atoms with Crippen molar-refractivity contribution in [3.8, 4) is 0 Å². The minimum atomic E-state index is 0.883. The highest BCUT2D eigenvalue weighted by Crippen LogP contribution is 2.36. The second kappa shape index (κ2) is 8.64. The summed E-state index contributed by atoms with van der Waals surface area (Å²) >= 11 is 8.40. The third-order valence-electron chi connectivity index (χ3n) is 5.30. The number of benzene rings is 1. The van der Waals surface area contributed by atoms with Gasteiger partial charge in [-0.2, -0.15) is 0 Å². The van der Waals surface area contributed by atoms with Crippen LogP contribution in [0.3, 0.4) is 0 Å². The molecule has 0 spiro atoms. The molecule has 5 heteroatoms. The summed E-state index contributed by atoms with van der Waals surface area (Å²) in [5.41, 5.74) is 4.14. The van der Waals surface area contributed by atoms with E-state index in [0.29, 0.717) is 0 Å². The van der Waals surface area contributed by atoms with Crippen LogP contribution in [-0.2, 0) is 18.6 Å². The van der Waals surface area contributed by atoms with Crippen LogP contribution in [0, 0.1) is 0 Å². The van der Waals surface area contributed by atoms with E-state index in [1.165, 1.54) is 40.8 Å². The molecule has 1 fully saturated rings. The Balaban J connectivity index is 1.45. The van der Waals surface area contributed by atoms with Crippen molar-refractivity contribution >= 4 is 29.2 Å². The van der Waals surface area contributed by atoms with Crippen molar-refractivity contribution in [2.45, 2.75) is 42.8 Å². The zero-order chi connectivity index (χ0) is 17.8. The lowest BCUT2D eigenvalue weighted by Crippen LogP contribution is -2.30. The average Bonchev–Trinajstić information content (AvgIpc) is 2.94. The lowest BCUT2D eigenvalue weighted by Gasteiger charge is -2.27. The van der Waals surface area contributed by atoms with Crippen LogP contribution in [0.2, 0.25) is 5.02 Å². The molecule has 0 bridgehead atoms. The van der Waals surface area contributed by atoms with Crippen molar-refractivity contribution in [1.29, 1.82) is 0 Å². The Morgan fingerprint density at radius 2 is 1.88 bits per heavy atom. The van der Waals surface area contributed by atoms with E-state index in [2.05, 4.69) is 34.5 Å². The van der Waals surface area contributed by atoms with Gasteiger partial charge in [-0.25, -0.2) is 4.98 Å². The molecule has 26 heavy (non-hydrogen) atoms. The number of anilines is 1. The average molecular weight is 388 g/mol. The molecule has 2 aromatic rings. The summed E-state index contributed by atoms with van der Waals surface area (Å²) in [5.74, 6) is 2.03. The summed E-state index contributed by atoms with van der Waals surface area (Å²) < 4.78 is 0. The minimum Gasteiger partial charge on any atom is -0.357 e. The summed E-state index contributed by atoms with van der Waals surface area (Å²) in [5, 5.41) is 4.37. The molecule has 1 aromatic carbocycles. The molecule has 1 saturated heterocycles. The largest absolute Gasteiger partial charge is 0.357 e. The molecule has 1 N–H and O–H groups in total. The third kappa shape index (κ3) is 4.19. The Bertz CT molecular complexity index is 742. The summed E-state index contributed by atoms with van der Waals surface area (Å²) in [6.07, 6.45) is 8.10. The second-order valence-electron chi connectivity index (χ2n) is 7.13. The monoisotopic (exact) mass is 387 g/mol. The number of nitrogens with zero attached hydrogens (tertiary/aromatic N) is 2. The third-order valence-corrected chi connectivity index (χ3v) is 6.96. The van der Waals surface area contributed by atoms with Gasteiger partial charge in [0.05, 0.1) is 5.02 Å². The fraction of sp³-hybridized carbons (Fsp3) is 0.476. The molecule has 0 amide bonds. The number of nitrogens with one attached hydrogen (secondary N) is 1. The molecule has 4 rings (SSSR count). The molecule has 1 aromatic heterocycles. The summed E-state index contributed by atoms with van der Waals surface area (Å²) in [7, 11) is 0. The van der Waals surface area contributed by atoms with Gasteiger partial charge in [-0.3, -0.25) is 0 Å². The lowest BCUT2D eigenvalue weighted by atomic mass is 10.0. The molecule has 2 aliphatic heterocycles. The number of hydrogen-bond donors (Lipinski definition) is 1. The normalized spacial score (nSPS) is 17.7. The first-order valence-electron chi connectivity index (χ1n) is 9.65. The predicted molar refractivity (Wildman–Crippen MR) is 112 cm³/mol. The number of hydrogen-bond acceptors (Lipinski definition) is 4. The van der Waals surface area contributed by atoms with E-state index in [0.717, 1.165) is 55.6 Å². The van der Waals surface area contributed by atoms with Gasteiger partial charge in [0.15, 0.2) is 0 Å². The number of piperidine rings is 1. The molecule has 0 unspecified atom stereocenters. The molecule has 0 aliphatic carbocycles. The van der Waals surface area contributed by atoms with Gasteiger partial charge in [0.25, 0.3) is 0 Å². The summed E-state index contributed by atoms with van der Waals surface area (Å²) in [4.78, 5) is 8.37. The van der Waals surface area contributed by atoms with Crippen molar-refractivity contribution in [3.05, 3.63) is 52.2 Å². The van der Waals surface area contributed by atoms with Crippen LogP contribution >= 0.6 is 23.4 Å². The van der Waals surface area contributed by atoms with E-state index in [4.69, 9.17) is 16.6 Å². The van der Waals surface area contributed by atoms with Crippen molar-refractivity contribution in [3.63, 3.8) is 0 Å². The van der Waals surface area contributed by atoms with Crippen molar-refractivity contribution in [1.82, 2.24) is 10.3 Å². The Hall–Kier alpha value is -1.23. The fourth-order valence-corrected chi connectivity index (χ4v) is 5.27. The maximum atomic E-state index is 6.54. The quantitative estimate of drug-likeness (QED) is 0.769. The molecule has 3 heterocycles. The van der Waals surface area contributed by atoms with Crippen LogP contribution in [0.15, 0.2) is 35.4 Å². The number of pyridine rings is 1. The molecular formula is C21H26ClN3S. The zero-order valence-electron chi connectivity index (χ0n) is 15.1. The molecular weight excluding hydrogens is 362 g/mol. The first kappa shape index (κ1) is 18.1. The minimum absolute atomic E-state index is 0.883. The highest BCUT2D eigenvalue weighted by atomic mass is 35.5. The maximum Gasteiger partial charge on any atom is 0.128 e. The van der Waals surface area contributed by atoms with Gasteiger partial charge < -0.3 is 10.2 Å². The van der Waals surface area contributed by atoms with Gasteiger partial charge in [-0.15, -0.1) is 11.8 Å². The van der Waals surface area contributed by atoms with Gasteiger partial charge in [0.2, 0.25) is 0 Å². The van der Waals surface area contributed by atoms with Crippen molar-refractivity contribution < 1.29 is 0 Å². The Kier molecular flexibility index (Phi) is 6.03. The predicted octanol–water partition coefficient (Wildman–Crippen LogP) is 4.71. The molecule has 0 saturated carbocycles. The SMILES string of the molecule is Clc1ccc2c(c1SCc1ccc(N3CCCCC3)nc1)CCNCC2. The first-order chi connectivity index (χ1) is 12.8. The van der Waals surface area contributed by atoms with E-state index in [1.54, 1.807) is 0 Å². The fourth-order valence-electron chi connectivity index (χ4n) is 3.83. The maximum absolute atomic E-state index is 6.54. The Labute approximate surface area is 165 Å². The van der Waals surface area contributed by atoms with E-state index in [-0.39, 0.29) is 0 Å². The number of aromatic nitrogens is 1. The molecule has 138 valence electrons. The topological polar surface area (TPSA) is 28.2 Å².